The Morgan fingerprint density at radius 2 is 1.82 bits per heavy atom. The quantitative estimate of drug-likeness (QED) is 0.525. The second-order valence-electron chi connectivity index (χ2n) is 8.36. The lowest BCUT2D eigenvalue weighted by Crippen LogP contribution is -2.45. The maximum atomic E-state index is 6.61. The van der Waals surface area contributed by atoms with Crippen molar-refractivity contribution in [2.24, 2.45) is 4.99 Å². The van der Waals surface area contributed by atoms with Crippen LogP contribution in [0.15, 0.2) is 41.4 Å². The molecule has 0 saturated carbocycles. The van der Waals surface area contributed by atoms with E-state index in [1.165, 1.54) is 16.9 Å². The summed E-state index contributed by atoms with van der Waals surface area (Å²) in [5.74, 6) is 0.499. The summed E-state index contributed by atoms with van der Waals surface area (Å²) in [6.07, 6.45) is 3.02. The van der Waals surface area contributed by atoms with Gasteiger partial charge in [-0.2, -0.15) is 0 Å². The van der Waals surface area contributed by atoms with Gasteiger partial charge in [-0.05, 0) is 82.0 Å². The fourth-order valence-corrected chi connectivity index (χ4v) is 4.39. The van der Waals surface area contributed by atoms with Gasteiger partial charge >= 0.3 is 0 Å². The van der Waals surface area contributed by atoms with Gasteiger partial charge in [-0.1, -0.05) is 18.5 Å². The number of benzene rings is 2. The van der Waals surface area contributed by atoms with Crippen LogP contribution >= 0.6 is 11.6 Å². The molecule has 0 saturated heterocycles. The van der Waals surface area contributed by atoms with E-state index in [1.54, 1.807) is 0 Å². The molecule has 1 unspecified atom stereocenters. The van der Waals surface area contributed by atoms with Gasteiger partial charge in [0, 0.05) is 48.8 Å². The predicted molar refractivity (Wildman–Crippen MR) is 124 cm³/mol. The van der Waals surface area contributed by atoms with Crippen molar-refractivity contribution in [3.8, 4) is 0 Å². The SMILES string of the molecule is CCN(CC)c1ccc(N=Cc2cc3c(cc2Cl)N(C)C(C)(C)CC3C)cc1. The zero-order valence-electron chi connectivity index (χ0n) is 18.0. The smallest absolute Gasteiger partial charge is 0.0631 e. The Morgan fingerprint density at radius 3 is 2.43 bits per heavy atom. The Labute approximate surface area is 175 Å². The van der Waals surface area contributed by atoms with E-state index in [9.17, 15) is 0 Å². The molecule has 1 aliphatic rings. The van der Waals surface area contributed by atoms with Crippen LogP contribution in [0.25, 0.3) is 0 Å². The molecule has 1 heterocycles. The van der Waals surface area contributed by atoms with Crippen molar-refractivity contribution in [2.75, 3.05) is 29.9 Å². The Balaban J connectivity index is 1.86. The molecule has 0 aromatic heterocycles. The van der Waals surface area contributed by atoms with E-state index in [-0.39, 0.29) is 5.54 Å². The average molecular weight is 398 g/mol. The third kappa shape index (κ3) is 4.05. The van der Waals surface area contributed by atoms with Gasteiger partial charge in [-0.3, -0.25) is 4.99 Å². The molecule has 3 rings (SSSR count). The molecule has 0 fully saturated rings. The Kier molecular flexibility index (Phi) is 6.04. The van der Waals surface area contributed by atoms with E-state index in [2.05, 4.69) is 92.9 Å². The van der Waals surface area contributed by atoms with Crippen LogP contribution < -0.4 is 9.80 Å². The minimum Gasteiger partial charge on any atom is -0.372 e. The van der Waals surface area contributed by atoms with Crippen molar-refractivity contribution >= 4 is 34.9 Å². The molecule has 3 nitrogen and oxygen atoms in total. The van der Waals surface area contributed by atoms with Gasteiger partial charge in [0.05, 0.1) is 10.7 Å². The van der Waals surface area contributed by atoms with E-state index in [0.29, 0.717) is 5.92 Å². The molecule has 0 aliphatic carbocycles. The molecule has 28 heavy (non-hydrogen) atoms. The van der Waals surface area contributed by atoms with Gasteiger partial charge < -0.3 is 9.80 Å². The van der Waals surface area contributed by atoms with Gasteiger partial charge in [0.1, 0.15) is 0 Å². The third-order valence-electron chi connectivity index (χ3n) is 6.08. The van der Waals surface area contributed by atoms with E-state index in [4.69, 9.17) is 11.6 Å². The minimum absolute atomic E-state index is 0.137. The van der Waals surface area contributed by atoms with Crippen molar-refractivity contribution in [1.82, 2.24) is 0 Å². The summed E-state index contributed by atoms with van der Waals surface area (Å²) in [5.41, 5.74) is 5.87. The van der Waals surface area contributed by atoms with Crippen molar-refractivity contribution in [2.45, 2.75) is 52.5 Å². The molecule has 0 bridgehead atoms. The van der Waals surface area contributed by atoms with Crippen molar-refractivity contribution in [3.63, 3.8) is 0 Å². The van der Waals surface area contributed by atoms with Crippen LogP contribution in [-0.2, 0) is 0 Å². The molecule has 0 radical (unpaired) electrons. The van der Waals surface area contributed by atoms with E-state index >= 15 is 0 Å². The second kappa shape index (κ2) is 8.16. The highest BCUT2D eigenvalue weighted by atomic mass is 35.5. The average Bonchev–Trinajstić information content (AvgIpc) is 2.66. The largest absolute Gasteiger partial charge is 0.372 e. The molecule has 1 atom stereocenters. The molecule has 2 aromatic rings. The molecule has 0 spiro atoms. The first-order chi connectivity index (χ1) is 13.3. The maximum absolute atomic E-state index is 6.61. The maximum Gasteiger partial charge on any atom is 0.0631 e. The van der Waals surface area contributed by atoms with Gasteiger partial charge in [0.15, 0.2) is 0 Å². The summed E-state index contributed by atoms with van der Waals surface area (Å²) in [6, 6.07) is 12.7. The number of hydrogen-bond donors (Lipinski definition) is 0. The summed E-state index contributed by atoms with van der Waals surface area (Å²) in [4.78, 5) is 9.34. The highest BCUT2D eigenvalue weighted by molar-refractivity contribution is 6.33. The summed E-state index contributed by atoms with van der Waals surface area (Å²) < 4.78 is 0. The lowest BCUT2D eigenvalue weighted by Gasteiger charge is -2.45. The molecule has 0 N–H and O–H groups in total. The summed E-state index contributed by atoms with van der Waals surface area (Å²) in [7, 11) is 2.16. The third-order valence-corrected chi connectivity index (χ3v) is 6.41. The number of halogens is 1. The first kappa shape index (κ1) is 20.7. The molecule has 2 aromatic carbocycles. The van der Waals surface area contributed by atoms with E-state index < -0.39 is 0 Å². The highest BCUT2D eigenvalue weighted by Gasteiger charge is 2.34. The van der Waals surface area contributed by atoms with Crippen molar-refractivity contribution < 1.29 is 0 Å². The molecular weight excluding hydrogens is 366 g/mol. The zero-order valence-corrected chi connectivity index (χ0v) is 18.7. The fourth-order valence-electron chi connectivity index (χ4n) is 4.19. The molecule has 4 heteroatoms. The topological polar surface area (TPSA) is 18.8 Å². The van der Waals surface area contributed by atoms with E-state index in [0.717, 1.165) is 35.8 Å². The first-order valence-electron chi connectivity index (χ1n) is 10.2. The van der Waals surface area contributed by atoms with Crippen molar-refractivity contribution in [1.29, 1.82) is 0 Å². The van der Waals surface area contributed by atoms with Crippen LogP contribution in [0.3, 0.4) is 0 Å². The summed E-state index contributed by atoms with van der Waals surface area (Å²) in [5, 5.41) is 0.749. The number of fused-ring (bicyclic) bond motifs is 1. The highest BCUT2D eigenvalue weighted by Crippen LogP contribution is 2.44. The van der Waals surface area contributed by atoms with Crippen LogP contribution in [0.2, 0.25) is 5.02 Å². The number of nitrogens with zero attached hydrogens (tertiary/aromatic N) is 3. The second-order valence-corrected chi connectivity index (χ2v) is 8.76. The number of hydrogen-bond acceptors (Lipinski definition) is 3. The first-order valence-corrected chi connectivity index (χ1v) is 10.6. The monoisotopic (exact) mass is 397 g/mol. The number of rotatable bonds is 5. The lowest BCUT2D eigenvalue weighted by molar-refractivity contribution is 0.395. The van der Waals surface area contributed by atoms with E-state index in [1.807, 2.05) is 6.21 Å². The van der Waals surface area contributed by atoms with Gasteiger partial charge in [0.25, 0.3) is 0 Å². The Hall–Kier alpha value is -2.00. The zero-order chi connectivity index (χ0) is 20.5. The molecule has 0 amide bonds. The Morgan fingerprint density at radius 1 is 1.18 bits per heavy atom. The lowest BCUT2D eigenvalue weighted by atomic mass is 9.80. The Bertz CT molecular complexity index is 851. The molecular formula is C24H32ClN3. The summed E-state index contributed by atoms with van der Waals surface area (Å²) >= 11 is 6.61. The van der Waals surface area contributed by atoms with Crippen LogP contribution in [0, 0.1) is 0 Å². The van der Waals surface area contributed by atoms with Crippen molar-refractivity contribution in [3.05, 3.63) is 52.5 Å². The molecule has 1 aliphatic heterocycles. The number of anilines is 2. The van der Waals surface area contributed by atoms with Gasteiger partial charge in [0.2, 0.25) is 0 Å². The van der Waals surface area contributed by atoms with Crippen LogP contribution in [0.5, 0.6) is 0 Å². The standard InChI is InChI=1S/C24H32ClN3/c1-7-28(8-2)20-11-9-19(10-12-20)26-16-18-13-21-17(3)15-24(4,5)27(6)23(21)14-22(18)25/h9-14,16-17H,7-8,15H2,1-6H3. The molecule has 150 valence electrons. The van der Waals surface area contributed by atoms with Crippen LogP contribution in [0.4, 0.5) is 17.1 Å². The fraction of sp³-hybridized carbons (Fsp3) is 0.458. The van der Waals surface area contributed by atoms with Crippen LogP contribution in [0.1, 0.15) is 58.1 Å². The normalized spacial score (nSPS) is 18.4. The minimum atomic E-state index is 0.137. The van der Waals surface area contributed by atoms with Gasteiger partial charge in [-0.25, -0.2) is 0 Å². The number of aliphatic imine (C=N–C) groups is 1. The van der Waals surface area contributed by atoms with Crippen LogP contribution in [-0.4, -0.2) is 31.9 Å². The summed E-state index contributed by atoms with van der Waals surface area (Å²) in [6.45, 7) is 13.2. The van der Waals surface area contributed by atoms with Gasteiger partial charge in [-0.15, -0.1) is 0 Å². The predicted octanol–water partition coefficient (Wildman–Crippen LogP) is 6.66.